The van der Waals surface area contributed by atoms with Crippen molar-refractivity contribution in [2.24, 2.45) is 9.98 Å². The Hall–Kier alpha value is -3.98. The Morgan fingerprint density at radius 2 is 0.814 bits per heavy atom. The molecule has 332 valence electrons. The summed E-state index contributed by atoms with van der Waals surface area (Å²) in [5.41, 5.74) is 5.71. The highest BCUT2D eigenvalue weighted by Crippen LogP contribution is 2.40. The number of hydrogen-bond acceptors (Lipinski definition) is 12. The third-order valence-corrected chi connectivity index (χ3v) is 10.5. The molecule has 0 atom stereocenters. The predicted octanol–water partition coefficient (Wildman–Crippen LogP) is 4.31. The molecule has 0 unspecified atom stereocenters. The molecule has 4 aliphatic heterocycles. The quantitative estimate of drug-likeness (QED) is 0.198. The van der Waals surface area contributed by atoms with Crippen molar-refractivity contribution in [3.8, 4) is 0 Å². The van der Waals surface area contributed by atoms with Crippen molar-refractivity contribution < 1.29 is 37.6 Å². The van der Waals surface area contributed by atoms with Crippen molar-refractivity contribution in [3.63, 3.8) is 0 Å². The number of piperazine rings is 2. The van der Waals surface area contributed by atoms with Crippen LogP contribution in [0.1, 0.15) is 62.4 Å². The number of aliphatic hydroxyl groups is 2. The van der Waals surface area contributed by atoms with Gasteiger partial charge in [0.05, 0.1) is 45.1 Å². The van der Waals surface area contributed by atoms with Crippen LogP contribution in [-0.2, 0) is 0 Å². The van der Waals surface area contributed by atoms with Gasteiger partial charge in [0, 0.05) is 62.1 Å². The number of rotatable bonds is 0. The first-order valence-corrected chi connectivity index (χ1v) is 20.5. The Labute approximate surface area is 358 Å². The molecule has 4 aliphatic rings. The Morgan fingerprint density at radius 1 is 0.525 bits per heavy atom. The molecule has 0 aliphatic carbocycles. The van der Waals surface area contributed by atoms with Gasteiger partial charge in [-0.1, -0.05) is 24.3 Å². The van der Waals surface area contributed by atoms with E-state index >= 15 is 0 Å². The lowest BCUT2D eigenvalue weighted by molar-refractivity contribution is 0.101. The van der Waals surface area contributed by atoms with Crippen LogP contribution in [-0.4, -0.2) is 147 Å². The average Bonchev–Trinajstić information content (AvgIpc) is 3.54. The minimum Gasteiger partial charge on any atom is -0.412 e. The molecule has 2 fully saturated rings. The molecule has 0 radical (unpaired) electrons. The summed E-state index contributed by atoms with van der Waals surface area (Å²) in [7, 11) is 4.37. The normalized spacial score (nSPS) is 15.5. The SMILES string of the molecule is CC(C)(C)O.CC(C)(C)O.Cc1cc2c(s1)Nc1ccccc1N=C2N1CCN(C)CC1.Cc1cc2c(s1)Nc1ccccc1N=C2N1CCN(C)CC1.O.O.O.O.O. The Morgan fingerprint density at radius 3 is 1.12 bits per heavy atom. The second-order valence-corrected chi connectivity index (χ2v) is 18.8. The van der Waals surface area contributed by atoms with Crippen LogP contribution < -0.4 is 10.6 Å². The summed E-state index contributed by atoms with van der Waals surface area (Å²) in [5, 5.41) is 26.6. The zero-order chi connectivity index (χ0) is 39.2. The molecule has 0 spiro atoms. The average molecular weight is 863 g/mol. The number of hydrogen-bond donors (Lipinski definition) is 4. The highest BCUT2D eigenvalue weighted by atomic mass is 32.1. The second-order valence-electron chi connectivity index (χ2n) is 16.3. The molecule has 2 aromatic heterocycles. The van der Waals surface area contributed by atoms with Crippen molar-refractivity contribution in [2.75, 3.05) is 77.1 Å². The van der Waals surface area contributed by atoms with Gasteiger partial charge >= 0.3 is 0 Å². The minimum atomic E-state index is -0.500. The van der Waals surface area contributed by atoms with E-state index in [0.29, 0.717) is 0 Å². The van der Waals surface area contributed by atoms with E-state index in [0.717, 1.165) is 86.8 Å². The largest absolute Gasteiger partial charge is 0.412 e. The van der Waals surface area contributed by atoms with Gasteiger partial charge in [0.25, 0.3) is 0 Å². The summed E-state index contributed by atoms with van der Waals surface area (Å²) in [4.78, 5) is 22.3. The van der Waals surface area contributed by atoms with Gasteiger partial charge in [-0.2, -0.15) is 0 Å². The van der Waals surface area contributed by atoms with Gasteiger partial charge in [-0.15, -0.1) is 22.7 Å². The van der Waals surface area contributed by atoms with E-state index < -0.39 is 11.2 Å². The van der Waals surface area contributed by atoms with Gasteiger partial charge in [-0.05, 0) is 106 Å². The molecule has 17 heteroatoms. The summed E-state index contributed by atoms with van der Waals surface area (Å²) in [6, 6.07) is 21.1. The number of amidine groups is 2. The van der Waals surface area contributed by atoms with Crippen LogP contribution in [0.4, 0.5) is 32.8 Å². The Balaban J connectivity index is 0.000000870. The summed E-state index contributed by atoms with van der Waals surface area (Å²) in [6.45, 7) is 23.3. The van der Waals surface area contributed by atoms with E-state index in [1.54, 1.807) is 64.2 Å². The fourth-order valence-electron chi connectivity index (χ4n) is 6.01. The van der Waals surface area contributed by atoms with E-state index in [1.165, 1.54) is 30.9 Å². The Kier molecular flexibility index (Phi) is 22.1. The van der Waals surface area contributed by atoms with Crippen LogP contribution in [0, 0.1) is 13.8 Å². The smallest absolute Gasteiger partial charge is 0.139 e. The first kappa shape index (κ1) is 55.0. The number of thiophene rings is 2. The van der Waals surface area contributed by atoms with Crippen LogP contribution >= 0.6 is 22.7 Å². The number of aryl methyl sites for hydroxylation is 2. The first-order valence-electron chi connectivity index (χ1n) is 18.8. The molecule has 6 heterocycles. The van der Waals surface area contributed by atoms with Gasteiger partial charge in [0.1, 0.15) is 21.7 Å². The summed E-state index contributed by atoms with van der Waals surface area (Å²) in [6.07, 6.45) is 0. The van der Waals surface area contributed by atoms with E-state index in [2.05, 4.69) is 119 Å². The monoisotopic (exact) mass is 862 g/mol. The lowest BCUT2D eigenvalue weighted by atomic mass is 10.2. The summed E-state index contributed by atoms with van der Waals surface area (Å²) >= 11 is 3.61. The Bertz CT molecular complexity index is 1770. The van der Waals surface area contributed by atoms with Gasteiger partial charge in [-0.25, -0.2) is 9.98 Å². The van der Waals surface area contributed by atoms with E-state index in [-0.39, 0.29) is 27.4 Å². The third kappa shape index (κ3) is 16.5. The third-order valence-electron chi connectivity index (χ3n) is 8.56. The van der Waals surface area contributed by atoms with Gasteiger partial charge in [0.15, 0.2) is 0 Å². The van der Waals surface area contributed by atoms with Gasteiger partial charge in [0.2, 0.25) is 0 Å². The highest BCUT2D eigenvalue weighted by Gasteiger charge is 2.27. The highest BCUT2D eigenvalue weighted by molar-refractivity contribution is 7.17. The standard InChI is InChI=1S/2C17H20N4S.2C4H10O.5H2O/c2*1-12-11-13-16(21-9-7-20(2)8-10-21)18-14-5-3-4-6-15(14)19-17(13)22-12;2*1-4(2,3)5;;;;;/h2*3-6,11,19H,7-10H2,1-2H3;2*5H,1-3H3;5*1H2. The maximum Gasteiger partial charge on any atom is 0.139 e. The second kappa shape index (κ2) is 23.7. The summed E-state index contributed by atoms with van der Waals surface area (Å²) < 4.78 is 0. The van der Waals surface area contributed by atoms with Crippen molar-refractivity contribution in [2.45, 2.75) is 66.6 Å². The number of likely N-dealkylation sites (N-methyl/N-ethyl adjacent to an activating group) is 2. The molecule has 0 bridgehead atoms. The fraction of sp³-hybridized carbons (Fsp3) is 0.476. The van der Waals surface area contributed by atoms with Crippen LogP contribution in [0.25, 0.3) is 0 Å². The molecule has 4 aromatic rings. The zero-order valence-electron chi connectivity index (χ0n) is 36.3. The topological polar surface area (TPSA) is 260 Å². The molecule has 59 heavy (non-hydrogen) atoms. The first-order chi connectivity index (χ1) is 25.4. The molecule has 0 amide bonds. The van der Waals surface area contributed by atoms with Crippen LogP contribution in [0.5, 0.6) is 0 Å². The van der Waals surface area contributed by atoms with Crippen LogP contribution in [0.2, 0.25) is 0 Å². The van der Waals surface area contributed by atoms with E-state index in [9.17, 15) is 0 Å². The number of para-hydroxylation sites is 4. The fourth-order valence-corrected chi connectivity index (χ4v) is 7.85. The number of fused-ring (bicyclic) bond motifs is 4. The molecule has 8 rings (SSSR count). The van der Waals surface area contributed by atoms with Gasteiger partial charge < -0.3 is 67.8 Å². The number of aliphatic imine (C=N–C) groups is 2. The zero-order valence-corrected chi connectivity index (χ0v) is 38.0. The molecule has 2 aromatic carbocycles. The van der Waals surface area contributed by atoms with Crippen molar-refractivity contribution in [3.05, 3.63) is 81.5 Å². The number of anilines is 4. The molecule has 2 saturated heterocycles. The molecule has 0 saturated carbocycles. The molecular weight excluding hydrogens is 793 g/mol. The maximum atomic E-state index is 8.52. The van der Waals surface area contributed by atoms with Crippen molar-refractivity contribution >= 4 is 67.1 Å². The van der Waals surface area contributed by atoms with E-state index in [4.69, 9.17) is 20.2 Å². The number of nitrogens with one attached hydrogen (secondary N) is 2. The number of benzene rings is 2. The van der Waals surface area contributed by atoms with Crippen molar-refractivity contribution in [1.29, 1.82) is 0 Å². The molecular formula is C42H70N8O7S2. The van der Waals surface area contributed by atoms with Gasteiger partial charge in [-0.3, -0.25) is 0 Å². The maximum absolute atomic E-state index is 8.52. The van der Waals surface area contributed by atoms with Crippen LogP contribution in [0.15, 0.2) is 70.6 Å². The van der Waals surface area contributed by atoms with Crippen molar-refractivity contribution in [1.82, 2.24) is 19.6 Å². The van der Waals surface area contributed by atoms with Crippen LogP contribution in [0.3, 0.4) is 0 Å². The number of nitrogens with zero attached hydrogens (tertiary/aromatic N) is 6. The summed E-state index contributed by atoms with van der Waals surface area (Å²) in [5.74, 6) is 2.23. The van der Waals surface area contributed by atoms with E-state index in [1.807, 2.05) is 0 Å². The lowest BCUT2D eigenvalue weighted by Crippen LogP contribution is -2.47. The lowest BCUT2D eigenvalue weighted by Gasteiger charge is -2.34. The predicted molar refractivity (Wildman–Crippen MR) is 250 cm³/mol. The molecule has 15 nitrogen and oxygen atoms in total. The minimum absolute atomic E-state index is 0. The molecule has 14 N–H and O–H groups in total.